The van der Waals surface area contributed by atoms with E-state index in [4.69, 9.17) is 0 Å². The van der Waals surface area contributed by atoms with Gasteiger partial charge in [0.1, 0.15) is 6.54 Å². The first-order valence-electron chi connectivity index (χ1n) is 8.40. The van der Waals surface area contributed by atoms with Crippen LogP contribution in [0.3, 0.4) is 0 Å². The highest BCUT2D eigenvalue weighted by Gasteiger charge is 2.27. The molecule has 1 rings (SSSR count). The molecule has 0 aliphatic carbocycles. The van der Waals surface area contributed by atoms with E-state index in [1.807, 2.05) is 30.8 Å². The normalized spacial score (nSPS) is 11.6. The zero-order valence-electron chi connectivity index (χ0n) is 15.5. The van der Waals surface area contributed by atoms with Gasteiger partial charge in [0.25, 0.3) is 0 Å². The quantitative estimate of drug-likeness (QED) is 0.591. The van der Waals surface area contributed by atoms with Crippen LogP contribution in [0.2, 0.25) is 0 Å². The maximum absolute atomic E-state index is 12.6. The highest BCUT2D eigenvalue weighted by molar-refractivity contribution is 7.99. The molecule has 1 aromatic rings. The summed E-state index contributed by atoms with van der Waals surface area (Å²) in [5.41, 5.74) is 1.51. The lowest BCUT2D eigenvalue weighted by Gasteiger charge is -2.27. The van der Waals surface area contributed by atoms with Gasteiger partial charge in [-0.05, 0) is 43.4 Å². The first-order chi connectivity index (χ1) is 11.8. The minimum atomic E-state index is -3.74. The van der Waals surface area contributed by atoms with Gasteiger partial charge in [0, 0.05) is 20.6 Å². The zero-order valence-corrected chi connectivity index (χ0v) is 17.1. The Balaban J connectivity index is 2.71. The van der Waals surface area contributed by atoms with Crippen molar-refractivity contribution >= 4 is 33.6 Å². The Morgan fingerprint density at radius 3 is 2.36 bits per heavy atom. The Hall–Kier alpha value is -1.25. The van der Waals surface area contributed by atoms with Crippen molar-refractivity contribution in [2.45, 2.75) is 26.7 Å². The molecule has 0 fully saturated rings. The lowest BCUT2D eigenvalue weighted by molar-refractivity contribution is -0.119. The highest BCUT2D eigenvalue weighted by atomic mass is 32.2. The molecule has 0 heterocycles. The summed E-state index contributed by atoms with van der Waals surface area (Å²) in [6, 6.07) is 7.09. The van der Waals surface area contributed by atoms with Crippen LogP contribution in [-0.4, -0.2) is 57.3 Å². The van der Waals surface area contributed by atoms with Gasteiger partial charge in [-0.2, -0.15) is 24.5 Å². The second-order valence-corrected chi connectivity index (χ2v) is 9.24. The van der Waals surface area contributed by atoms with Crippen molar-refractivity contribution in [3.05, 3.63) is 29.8 Å². The van der Waals surface area contributed by atoms with Crippen LogP contribution in [-0.2, 0) is 15.0 Å². The van der Waals surface area contributed by atoms with Crippen LogP contribution in [0.25, 0.3) is 0 Å². The van der Waals surface area contributed by atoms with E-state index in [1.54, 1.807) is 12.1 Å². The van der Waals surface area contributed by atoms with Gasteiger partial charge in [-0.3, -0.25) is 4.79 Å². The second kappa shape index (κ2) is 10.7. The van der Waals surface area contributed by atoms with Gasteiger partial charge in [-0.25, -0.2) is 4.31 Å². The summed E-state index contributed by atoms with van der Waals surface area (Å²) in [6.07, 6.45) is 2.02. The van der Waals surface area contributed by atoms with Gasteiger partial charge in [-0.1, -0.05) is 24.6 Å². The molecule has 25 heavy (non-hydrogen) atoms. The fraction of sp³-hybridized carbons (Fsp3) is 0.588. The summed E-state index contributed by atoms with van der Waals surface area (Å²) in [5.74, 6) is 1.81. The Labute approximate surface area is 156 Å². The summed E-state index contributed by atoms with van der Waals surface area (Å²) in [6.45, 7) is 4.39. The number of rotatable bonds is 11. The SMILES string of the molecule is CCCSCCCNC(=O)CN(c1ccc(C)cc1)S(=O)(=O)N(C)C. The predicted octanol–water partition coefficient (Wildman–Crippen LogP) is 2.26. The molecule has 0 saturated carbocycles. The molecule has 0 aliphatic heterocycles. The smallest absolute Gasteiger partial charge is 0.304 e. The number of amides is 1. The van der Waals surface area contributed by atoms with Crippen molar-refractivity contribution in [2.75, 3.05) is 43.0 Å². The molecule has 0 bridgehead atoms. The van der Waals surface area contributed by atoms with Crippen LogP contribution in [0.15, 0.2) is 24.3 Å². The van der Waals surface area contributed by atoms with Crippen molar-refractivity contribution in [1.29, 1.82) is 0 Å². The number of carbonyl (C=O) groups is 1. The Morgan fingerprint density at radius 2 is 1.80 bits per heavy atom. The Morgan fingerprint density at radius 1 is 1.16 bits per heavy atom. The fourth-order valence-corrected chi connectivity index (χ4v) is 3.95. The summed E-state index contributed by atoms with van der Waals surface area (Å²) >= 11 is 1.86. The number of aryl methyl sites for hydroxylation is 1. The molecule has 6 nitrogen and oxygen atoms in total. The predicted molar refractivity (Wildman–Crippen MR) is 106 cm³/mol. The topological polar surface area (TPSA) is 69.7 Å². The number of carbonyl (C=O) groups excluding carboxylic acids is 1. The fourth-order valence-electron chi connectivity index (χ4n) is 2.05. The van der Waals surface area contributed by atoms with E-state index in [1.165, 1.54) is 14.1 Å². The first-order valence-corrected chi connectivity index (χ1v) is 11.0. The zero-order chi connectivity index (χ0) is 18.9. The van der Waals surface area contributed by atoms with E-state index in [9.17, 15) is 13.2 Å². The van der Waals surface area contributed by atoms with Crippen LogP contribution >= 0.6 is 11.8 Å². The molecule has 0 radical (unpaired) electrons. The van der Waals surface area contributed by atoms with Crippen molar-refractivity contribution in [2.24, 2.45) is 0 Å². The summed E-state index contributed by atoms with van der Waals surface area (Å²) in [5, 5.41) is 2.81. The number of anilines is 1. The van der Waals surface area contributed by atoms with Crippen LogP contribution in [0.5, 0.6) is 0 Å². The monoisotopic (exact) mass is 387 g/mol. The van der Waals surface area contributed by atoms with Crippen LogP contribution in [0.1, 0.15) is 25.3 Å². The average Bonchev–Trinajstić information content (AvgIpc) is 2.56. The molecule has 0 saturated heterocycles. The molecule has 8 heteroatoms. The second-order valence-electron chi connectivity index (χ2n) is 5.95. The van der Waals surface area contributed by atoms with E-state index in [0.29, 0.717) is 12.2 Å². The number of hydrogen-bond donors (Lipinski definition) is 1. The molecule has 0 atom stereocenters. The molecule has 0 aliphatic rings. The number of thioether (sulfide) groups is 1. The van der Waals surface area contributed by atoms with Crippen molar-refractivity contribution in [3.8, 4) is 0 Å². The summed E-state index contributed by atoms with van der Waals surface area (Å²) < 4.78 is 27.4. The van der Waals surface area contributed by atoms with Crippen molar-refractivity contribution < 1.29 is 13.2 Å². The molecule has 1 N–H and O–H groups in total. The Bertz CT molecular complexity index is 631. The lowest BCUT2D eigenvalue weighted by atomic mass is 10.2. The number of benzene rings is 1. The molecule has 0 aromatic heterocycles. The average molecular weight is 388 g/mol. The van der Waals surface area contributed by atoms with Crippen LogP contribution in [0, 0.1) is 6.92 Å². The van der Waals surface area contributed by atoms with E-state index in [2.05, 4.69) is 12.2 Å². The van der Waals surface area contributed by atoms with Crippen LogP contribution in [0.4, 0.5) is 5.69 Å². The summed E-state index contributed by atoms with van der Waals surface area (Å²) in [4.78, 5) is 12.2. The van der Waals surface area contributed by atoms with E-state index >= 15 is 0 Å². The van der Waals surface area contributed by atoms with Gasteiger partial charge < -0.3 is 5.32 Å². The van der Waals surface area contributed by atoms with Gasteiger partial charge in [0.05, 0.1) is 5.69 Å². The number of hydrogen-bond acceptors (Lipinski definition) is 4. The van der Waals surface area contributed by atoms with Crippen LogP contribution < -0.4 is 9.62 Å². The lowest BCUT2D eigenvalue weighted by Crippen LogP contribution is -2.46. The van der Waals surface area contributed by atoms with E-state index in [-0.39, 0.29) is 12.5 Å². The third kappa shape index (κ3) is 7.25. The molecular weight excluding hydrogens is 358 g/mol. The standard InChI is InChI=1S/C17H29N3O3S2/c1-5-12-24-13-6-11-18-17(21)14-20(25(22,23)19(3)4)16-9-7-15(2)8-10-16/h7-10H,5-6,11-14H2,1-4H3,(H,18,21). The van der Waals surface area contributed by atoms with Gasteiger partial charge in [0.15, 0.2) is 0 Å². The summed E-state index contributed by atoms with van der Waals surface area (Å²) in [7, 11) is -0.825. The third-order valence-corrected chi connectivity index (χ3v) is 6.58. The molecule has 142 valence electrons. The molecule has 0 spiro atoms. The number of nitrogens with one attached hydrogen (secondary N) is 1. The van der Waals surface area contributed by atoms with Gasteiger partial charge in [-0.15, -0.1) is 0 Å². The Kier molecular flexibility index (Phi) is 9.31. The molecule has 1 amide bonds. The molecule has 1 aromatic carbocycles. The maximum Gasteiger partial charge on any atom is 0.304 e. The van der Waals surface area contributed by atoms with Gasteiger partial charge >= 0.3 is 10.2 Å². The minimum Gasteiger partial charge on any atom is -0.354 e. The molecular formula is C17H29N3O3S2. The highest BCUT2D eigenvalue weighted by Crippen LogP contribution is 2.19. The number of nitrogens with zero attached hydrogens (tertiary/aromatic N) is 2. The molecule has 0 unspecified atom stereocenters. The van der Waals surface area contributed by atoms with E-state index < -0.39 is 10.2 Å². The minimum absolute atomic E-state index is 0.230. The first kappa shape index (κ1) is 21.8. The van der Waals surface area contributed by atoms with E-state index in [0.717, 1.165) is 38.5 Å². The van der Waals surface area contributed by atoms with Crippen molar-refractivity contribution in [1.82, 2.24) is 9.62 Å². The van der Waals surface area contributed by atoms with Gasteiger partial charge in [0.2, 0.25) is 5.91 Å². The third-order valence-electron chi connectivity index (χ3n) is 3.49. The maximum atomic E-state index is 12.6. The van der Waals surface area contributed by atoms with Crippen molar-refractivity contribution in [3.63, 3.8) is 0 Å². The largest absolute Gasteiger partial charge is 0.354 e.